The molecule has 3 heterocycles. The third-order valence-electron chi connectivity index (χ3n) is 5.46. The molecule has 0 bridgehead atoms. The quantitative estimate of drug-likeness (QED) is 0.818. The maximum Gasteiger partial charge on any atom is 0.240 e. The molecule has 2 fully saturated rings. The highest BCUT2D eigenvalue weighted by Crippen LogP contribution is 2.32. The average molecular weight is 399 g/mol. The van der Waals surface area contributed by atoms with Gasteiger partial charge in [-0.05, 0) is 56.2 Å². The van der Waals surface area contributed by atoms with Crippen molar-refractivity contribution in [2.45, 2.75) is 30.2 Å². The number of nitrogens with zero attached hydrogens (tertiary/aromatic N) is 1. The van der Waals surface area contributed by atoms with Gasteiger partial charge in [0.25, 0.3) is 0 Å². The van der Waals surface area contributed by atoms with Crippen LogP contribution in [-0.2, 0) is 10.0 Å². The van der Waals surface area contributed by atoms with Crippen molar-refractivity contribution in [2.75, 3.05) is 44.4 Å². The maximum atomic E-state index is 12.6. The second-order valence-electron chi connectivity index (χ2n) is 7.15. The number of rotatable bonds is 5. The number of sulfonamides is 1. The van der Waals surface area contributed by atoms with Gasteiger partial charge >= 0.3 is 0 Å². The molecular formula is C18H26N2O4S2. The van der Waals surface area contributed by atoms with Crippen molar-refractivity contribution in [1.29, 1.82) is 0 Å². The second-order valence-corrected chi connectivity index (χ2v) is 10.1. The van der Waals surface area contributed by atoms with E-state index < -0.39 is 10.0 Å². The van der Waals surface area contributed by atoms with Gasteiger partial charge in [0.15, 0.2) is 11.5 Å². The first-order valence-corrected chi connectivity index (χ1v) is 12.0. The highest BCUT2D eigenvalue weighted by atomic mass is 32.2. The molecule has 1 atom stereocenters. The number of thioether (sulfide) groups is 1. The summed E-state index contributed by atoms with van der Waals surface area (Å²) in [4.78, 5) is 2.83. The highest BCUT2D eigenvalue weighted by molar-refractivity contribution is 7.99. The Morgan fingerprint density at radius 1 is 1.12 bits per heavy atom. The van der Waals surface area contributed by atoms with Gasteiger partial charge in [-0.15, -0.1) is 0 Å². The number of hydrogen-bond donors (Lipinski definition) is 1. The molecule has 144 valence electrons. The monoisotopic (exact) mass is 398 g/mol. The number of piperidine rings is 1. The number of hydrogen-bond acceptors (Lipinski definition) is 6. The number of fused-ring (bicyclic) bond motifs is 1. The van der Waals surface area contributed by atoms with Gasteiger partial charge in [-0.3, -0.25) is 4.90 Å². The SMILES string of the molecule is O=S(=O)(NCC1CCN([C@@H]2CCSC2)CC1)c1ccc2c(c1)OCCO2. The first-order chi connectivity index (χ1) is 12.6. The van der Waals surface area contributed by atoms with Crippen LogP contribution in [0.5, 0.6) is 11.5 Å². The van der Waals surface area contributed by atoms with Crippen LogP contribution in [-0.4, -0.2) is 63.7 Å². The molecule has 0 saturated carbocycles. The Bertz CT molecular complexity index is 727. The van der Waals surface area contributed by atoms with Crippen LogP contribution in [0.15, 0.2) is 23.1 Å². The summed E-state index contributed by atoms with van der Waals surface area (Å²) < 4.78 is 39.0. The molecular weight excluding hydrogens is 372 g/mol. The van der Waals surface area contributed by atoms with E-state index in [9.17, 15) is 8.42 Å². The average Bonchev–Trinajstić information content (AvgIpc) is 3.21. The Labute approximate surface area is 159 Å². The zero-order valence-corrected chi connectivity index (χ0v) is 16.5. The summed E-state index contributed by atoms with van der Waals surface area (Å²) in [6.45, 7) is 3.62. The summed E-state index contributed by atoms with van der Waals surface area (Å²) in [6.07, 6.45) is 3.42. The van der Waals surface area contributed by atoms with Crippen LogP contribution in [0.4, 0.5) is 0 Å². The van der Waals surface area contributed by atoms with E-state index in [4.69, 9.17) is 9.47 Å². The minimum absolute atomic E-state index is 0.238. The summed E-state index contributed by atoms with van der Waals surface area (Å²) >= 11 is 2.05. The first kappa shape index (κ1) is 18.4. The third kappa shape index (κ3) is 4.13. The zero-order chi connectivity index (χ0) is 18.0. The van der Waals surface area contributed by atoms with Gasteiger partial charge in [0.2, 0.25) is 10.0 Å². The van der Waals surface area contributed by atoms with Gasteiger partial charge in [0.05, 0.1) is 4.90 Å². The van der Waals surface area contributed by atoms with Crippen LogP contribution < -0.4 is 14.2 Å². The van der Waals surface area contributed by atoms with Crippen molar-refractivity contribution in [1.82, 2.24) is 9.62 Å². The summed E-state index contributed by atoms with van der Waals surface area (Å²) in [5.41, 5.74) is 0. The Morgan fingerprint density at radius 2 is 1.88 bits per heavy atom. The van der Waals surface area contributed by atoms with E-state index in [-0.39, 0.29) is 4.90 Å². The van der Waals surface area contributed by atoms with Crippen LogP contribution >= 0.6 is 11.8 Å². The third-order valence-corrected chi connectivity index (χ3v) is 8.02. The molecule has 1 aromatic carbocycles. The number of nitrogens with one attached hydrogen (secondary N) is 1. The van der Waals surface area contributed by atoms with Gasteiger partial charge in [-0.25, -0.2) is 13.1 Å². The predicted octanol–water partition coefficient (Wildman–Crippen LogP) is 1.95. The molecule has 3 aliphatic heterocycles. The van der Waals surface area contributed by atoms with Gasteiger partial charge in [-0.2, -0.15) is 11.8 Å². The second kappa shape index (κ2) is 7.96. The van der Waals surface area contributed by atoms with Gasteiger partial charge < -0.3 is 9.47 Å². The summed E-state index contributed by atoms with van der Waals surface area (Å²) in [5.74, 6) is 4.04. The molecule has 2 saturated heterocycles. The van der Waals surface area contributed by atoms with Crippen LogP contribution in [0.1, 0.15) is 19.3 Å². The number of likely N-dealkylation sites (tertiary alicyclic amines) is 1. The molecule has 0 aliphatic carbocycles. The summed E-state index contributed by atoms with van der Waals surface area (Å²) in [6, 6.07) is 5.53. The first-order valence-electron chi connectivity index (χ1n) is 9.33. The Hall–Kier alpha value is -0.960. The minimum atomic E-state index is -3.52. The fourth-order valence-corrected chi connectivity index (χ4v) is 6.22. The van der Waals surface area contributed by atoms with E-state index in [1.54, 1.807) is 18.2 Å². The molecule has 0 amide bonds. The lowest BCUT2D eigenvalue weighted by Crippen LogP contribution is -2.43. The van der Waals surface area contributed by atoms with Crippen molar-refractivity contribution in [3.63, 3.8) is 0 Å². The lowest BCUT2D eigenvalue weighted by atomic mass is 9.96. The minimum Gasteiger partial charge on any atom is -0.486 e. The van der Waals surface area contributed by atoms with E-state index in [0.717, 1.165) is 32.0 Å². The molecule has 3 aliphatic rings. The molecule has 26 heavy (non-hydrogen) atoms. The normalized spacial score (nSPS) is 24.7. The standard InChI is InChI=1S/C18H26N2O4S2/c21-26(22,16-1-2-17-18(11-16)24-9-8-23-17)19-12-14-3-6-20(7-4-14)15-5-10-25-13-15/h1-2,11,14-15,19H,3-10,12-13H2/t15-/m1/s1. The van der Waals surface area contributed by atoms with Crippen molar-refractivity contribution < 1.29 is 17.9 Å². The lowest BCUT2D eigenvalue weighted by molar-refractivity contribution is 0.145. The fraction of sp³-hybridized carbons (Fsp3) is 0.667. The fourth-order valence-electron chi connectivity index (χ4n) is 3.83. The molecule has 0 spiro atoms. The molecule has 0 unspecified atom stereocenters. The van der Waals surface area contributed by atoms with Crippen molar-refractivity contribution in [2.24, 2.45) is 5.92 Å². The molecule has 4 rings (SSSR count). The largest absolute Gasteiger partial charge is 0.486 e. The van der Waals surface area contributed by atoms with Crippen molar-refractivity contribution >= 4 is 21.8 Å². The van der Waals surface area contributed by atoms with E-state index >= 15 is 0 Å². The van der Waals surface area contributed by atoms with Crippen LogP contribution in [0.25, 0.3) is 0 Å². The molecule has 1 N–H and O–H groups in total. The lowest BCUT2D eigenvalue weighted by Gasteiger charge is -2.35. The number of ether oxygens (including phenoxy) is 2. The van der Waals surface area contributed by atoms with E-state index in [1.165, 1.54) is 17.9 Å². The van der Waals surface area contributed by atoms with E-state index in [0.29, 0.717) is 37.2 Å². The Kier molecular flexibility index (Phi) is 5.63. The molecule has 8 heteroatoms. The van der Waals surface area contributed by atoms with Crippen LogP contribution in [0, 0.1) is 5.92 Å². The Morgan fingerprint density at radius 3 is 2.62 bits per heavy atom. The Balaban J connectivity index is 1.31. The number of benzene rings is 1. The topological polar surface area (TPSA) is 67.9 Å². The van der Waals surface area contributed by atoms with E-state index in [1.807, 2.05) is 11.8 Å². The molecule has 0 radical (unpaired) electrons. The predicted molar refractivity (Wildman–Crippen MR) is 103 cm³/mol. The highest BCUT2D eigenvalue weighted by Gasteiger charge is 2.28. The summed E-state index contributed by atoms with van der Waals surface area (Å²) in [5, 5.41) is 0. The maximum absolute atomic E-state index is 12.6. The van der Waals surface area contributed by atoms with Gasteiger partial charge in [0.1, 0.15) is 13.2 Å². The zero-order valence-electron chi connectivity index (χ0n) is 14.9. The smallest absolute Gasteiger partial charge is 0.240 e. The van der Waals surface area contributed by atoms with Gasteiger partial charge in [-0.1, -0.05) is 0 Å². The van der Waals surface area contributed by atoms with Gasteiger partial charge in [0, 0.05) is 24.4 Å². The van der Waals surface area contributed by atoms with Crippen molar-refractivity contribution in [3.05, 3.63) is 18.2 Å². The molecule has 0 aromatic heterocycles. The molecule has 1 aromatic rings. The molecule has 6 nitrogen and oxygen atoms in total. The van der Waals surface area contributed by atoms with Crippen LogP contribution in [0.2, 0.25) is 0 Å². The summed E-state index contributed by atoms with van der Waals surface area (Å²) in [7, 11) is -3.52. The van der Waals surface area contributed by atoms with Crippen LogP contribution in [0.3, 0.4) is 0 Å². The van der Waals surface area contributed by atoms with E-state index in [2.05, 4.69) is 9.62 Å². The van der Waals surface area contributed by atoms with Crippen molar-refractivity contribution in [3.8, 4) is 11.5 Å².